The van der Waals surface area contributed by atoms with Crippen molar-refractivity contribution < 1.29 is 18.3 Å². The molecular formula is C13H18N2O4S. The summed E-state index contributed by atoms with van der Waals surface area (Å²) < 4.78 is 25.6. The Balaban J connectivity index is 1.92. The minimum atomic E-state index is -3.03. The third kappa shape index (κ3) is 2.24. The van der Waals surface area contributed by atoms with Gasteiger partial charge in [-0.2, -0.15) is 0 Å². The lowest BCUT2D eigenvalue weighted by Gasteiger charge is -2.24. The van der Waals surface area contributed by atoms with Gasteiger partial charge in [-0.25, -0.2) is 18.2 Å². The molecule has 1 saturated heterocycles. The Hall–Kier alpha value is -1.37. The highest BCUT2D eigenvalue weighted by Crippen LogP contribution is 2.30. The zero-order valence-corrected chi connectivity index (χ0v) is 12.0. The van der Waals surface area contributed by atoms with Crippen LogP contribution in [0.2, 0.25) is 0 Å². The fourth-order valence-corrected chi connectivity index (χ4v) is 5.12. The number of imidazole rings is 1. The maximum atomic E-state index is 11.9. The summed E-state index contributed by atoms with van der Waals surface area (Å²) in [5.74, 6) is -0.00446. The van der Waals surface area contributed by atoms with E-state index in [9.17, 15) is 18.3 Å². The molecule has 1 aromatic rings. The van der Waals surface area contributed by atoms with Crippen LogP contribution in [0.5, 0.6) is 0 Å². The van der Waals surface area contributed by atoms with E-state index < -0.39 is 27.1 Å². The zero-order valence-electron chi connectivity index (χ0n) is 11.2. The minimum absolute atomic E-state index is 0.244. The van der Waals surface area contributed by atoms with Crippen molar-refractivity contribution in [2.24, 2.45) is 0 Å². The van der Waals surface area contributed by atoms with Crippen LogP contribution < -0.4 is 0 Å². The molecule has 3 rings (SSSR count). The molecule has 110 valence electrons. The molecular weight excluding hydrogens is 280 g/mol. The topological polar surface area (TPSA) is 89.3 Å². The van der Waals surface area contributed by atoms with Gasteiger partial charge in [0.2, 0.25) is 0 Å². The summed E-state index contributed by atoms with van der Waals surface area (Å²) in [6.07, 6.45) is 5.63. The average molecular weight is 298 g/mol. The van der Waals surface area contributed by atoms with E-state index in [1.165, 1.54) is 0 Å². The number of carboxylic acid groups (broad SMARTS) is 1. The highest BCUT2D eigenvalue weighted by atomic mass is 32.2. The number of aliphatic carboxylic acids is 1. The predicted molar refractivity (Wildman–Crippen MR) is 72.4 cm³/mol. The Labute approximate surface area is 117 Å². The molecule has 1 N–H and O–H groups in total. The van der Waals surface area contributed by atoms with Crippen molar-refractivity contribution in [1.82, 2.24) is 9.55 Å². The molecule has 1 aromatic heterocycles. The van der Waals surface area contributed by atoms with Gasteiger partial charge in [0.1, 0.15) is 11.9 Å². The van der Waals surface area contributed by atoms with Crippen molar-refractivity contribution in [1.29, 1.82) is 0 Å². The lowest BCUT2D eigenvalue weighted by molar-refractivity contribution is -0.141. The van der Waals surface area contributed by atoms with Gasteiger partial charge in [-0.05, 0) is 32.1 Å². The van der Waals surface area contributed by atoms with Crippen LogP contribution in [0.1, 0.15) is 43.2 Å². The van der Waals surface area contributed by atoms with E-state index in [0.29, 0.717) is 31.5 Å². The van der Waals surface area contributed by atoms with Crippen molar-refractivity contribution in [2.75, 3.05) is 5.75 Å². The summed E-state index contributed by atoms with van der Waals surface area (Å²) in [7, 11) is -3.03. The normalized spacial score (nSPS) is 28.2. The van der Waals surface area contributed by atoms with Gasteiger partial charge in [-0.15, -0.1) is 0 Å². The first kappa shape index (κ1) is 13.6. The number of carboxylic acids is 1. The fraction of sp³-hybridized carbons (Fsp3) is 0.692. The first-order valence-corrected chi connectivity index (χ1v) is 8.70. The Morgan fingerprint density at radius 3 is 2.85 bits per heavy atom. The molecule has 20 heavy (non-hydrogen) atoms. The minimum Gasteiger partial charge on any atom is -0.480 e. The highest BCUT2D eigenvalue weighted by Gasteiger charge is 2.35. The average Bonchev–Trinajstić information content (AvgIpc) is 2.94. The second-order valence-corrected chi connectivity index (χ2v) is 8.02. The number of fused-ring (bicyclic) bond motifs is 1. The largest absolute Gasteiger partial charge is 0.480 e. The first-order valence-electron chi connectivity index (χ1n) is 6.98. The van der Waals surface area contributed by atoms with Gasteiger partial charge in [0.25, 0.3) is 0 Å². The maximum Gasteiger partial charge on any atom is 0.326 e. The highest BCUT2D eigenvalue weighted by molar-refractivity contribution is 7.92. The molecule has 0 amide bonds. The molecule has 2 unspecified atom stereocenters. The summed E-state index contributed by atoms with van der Waals surface area (Å²) in [6, 6.07) is -0.597. The maximum absolute atomic E-state index is 11.9. The molecule has 0 saturated carbocycles. The number of rotatable bonds is 3. The number of hydrogen-bond acceptors (Lipinski definition) is 4. The van der Waals surface area contributed by atoms with Gasteiger partial charge >= 0.3 is 5.97 Å². The van der Waals surface area contributed by atoms with E-state index in [2.05, 4.69) is 4.98 Å². The van der Waals surface area contributed by atoms with Gasteiger partial charge in [-0.3, -0.25) is 0 Å². The molecule has 7 heteroatoms. The smallest absolute Gasteiger partial charge is 0.326 e. The number of hydrogen-bond donors (Lipinski definition) is 1. The number of nitrogens with zero attached hydrogens (tertiary/aromatic N) is 2. The van der Waals surface area contributed by atoms with Crippen LogP contribution in [0.3, 0.4) is 0 Å². The second-order valence-electron chi connectivity index (χ2n) is 5.62. The SMILES string of the molecule is O=C(O)C1CCCc2cnc(CC3CCCS3(=O)=O)n21. The van der Waals surface area contributed by atoms with Gasteiger partial charge in [-0.1, -0.05) is 0 Å². The van der Waals surface area contributed by atoms with Crippen molar-refractivity contribution in [3.05, 3.63) is 17.7 Å². The number of sulfone groups is 1. The van der Waals surface area contributed by atoms with E-state index in [0.717, 1.165) is 18.5 Å². The third-order valence-electron chi connectivity index (χ3n) is 4.33. The van der Waals surface area contributed by atoms with Gasteiger partial charge in [0.05, 0.1) is 11.0 Å². The van der Waals surface area contributed by atoms with E-state index in [4.69, 9.17) is 0 Å². The summed E-state index contributed by atoms with van der Waals surface area (Å²) >= 11 is 0. The summed E-state index contributed by atoms with van der Waals surface area (Å²) in [6.45, 7) is 0. The first-order chi connectivity index (χ1) is 9.49. The Morgan fingerprint density at radius 1 is 1.40 bits per heavy atom. The molecule has 1 fully saturated rings. The molecule has 0 aromatic carbocycles. The lowest BCUT2D eigenvalue weighted by Crippen LogP contribution is -2.28. The third-order valence-corrected chi connectivity index (χ3v) is 6.61. The molecule has 3 heterocycles. The van der Waals surface area contributed by atoms with Gasteiger partial charge in [0.15, 0.2) is 9.84 Å². The molecule has 2 aliphatic rings. The summed E-state index contributed by atoms with van der Waals surface area (Å²) in [4.78, 5) is 15.7. The molecule has 2 atom stereocenters. The Bertz CT molecular complexity index is 635. The van der Waals surface area contributed by atoms with Gasteiger partial charge < -0.3 is 9.67 Å². The standard InChI is InChI=1S/C13H18N2O4S/c16-13(17)11-5-1-3-9-8-14-12(15(9)11)7-10-4-2-6-20(10,18)19/h8,10-11H,1-7H2,(H,16,17). The van der Waals surface area contributed by atoms with Crippen LogP contribution >= 0.6 is 0 Å². The summed E-state index contributed by atoms with van der Waals surface area (Å²) in [5, 5.41) is 8.93. The monoisotopic (exact) mass is 298 g/mol. The van der Waals surface area contributed by atoms with Crippen LogP contribution in [0.15, 0.2) is 6.20 Å². The van der Waals surface area contributed by atoms with Crippen LogP contribution in [0.4, 0.5) is 0 Å². The number of aromatic nitrogens is 2. The molecule has 0 radical (unpaired) electrons. The van der Waals surface area contributed by atoms with Crippen molar-refractivity contribution >= 4 is 15.8 Å². The second kappa shape index (κ2) is 4.87. The van der Waals surface area contributed by atoms with Crippen molar-refractivity contribution in [2.45, 2.75) is 49.8 Å². The van der Waals surface area contributed by atoms with Crippen LogP contribution in [0.25, 0.3) is 0 Å². The van der Waals surface area contributed by atoms with E-state index in [1.807, 2.05) is 0 Å². The lowest BCUT2D eigenvalue weighted by atomic mass is 10.0. The number of carbonyl (C=O) groups is 1. The van der Waals surface area contributed by atoms with Crippen molar-refractivity contribution in [3.8, 4) is 0 Å². The molecule has 0 bridgehead atoms. The molecule has 0 aliphatic carbocycles. The summed E-state index contributed by atoms with van der Waals surface area (Å²) in [5.41, 5.74) is 0.911. The van der Waals surface area contributed by atoms with E-state index in [-0.39, 0.29) is 5.75 Å². The van der Waals surface area contributed by atoms with Crippen LogP contribution in [0, 0.1) is 0 Å². The molecule has 6 nitrogen and oxygen atoms in total. The molecule has 0 spiro atoms. The molecule has 2 aliphatic heterocycles. The Morgan fingerprint density at radius 2 is 2.20 bits per heavy atom. The zero-order chi connectivity index (χ0) is 14.3. The van der Waals surface area contributed by atoms with Crippen LogP contribution in [-0.2, 0) is 27.5 Å². The Kier molecular flexibility index (Phi) is 3.32. The quantitative estimate of drug-likeness (QED) is 0.898. The fourth-order valence-electron chi connectivity index (χ4n) is 3.29. The van der Waals surface area contributed by atoms with Crippen molar-refractivity contribution in [3.63, 3.8) is 0 Å². The van der Waals surface area contributed by atoms with E-state index >= 15 is 0 Å². The van der Waals surface area contributed by atoms with Gasteiger partial charge in [0, 0.05) is 18.3 Å². The van der Waals surface area contributed by atoms with E-state index in [1.54, 1.807) is 10.8 Å². The number of aryl methyl sites for hydroxylation is 1. The van der Waals surface area contributed by atoms with Crippen LogP contribution in [-0.4, -0.2) is 40.0 Å². The predicted octanol–water partition coefficient (Wildman–Crippen LogP) is 0.965.